The van der Waals surface area contributed by atoms with Gasteiger partial charge in [0.2, 0.25) is 0 Å². The van der Waals surface area contributed by atoms with Crippen molar-refractivity contribution in [1.82, 2.24) is 10.3 Å². The Balaban J connectivity index is 2.10. The molecule has 4 rings (SSSR count). The number of nitrogens with one attached hydrogen (secondary N) is 2. The second kappa shape index (κ2) is 10.2. The van der Waals surface area contributed by atoms with Gasteiger partial charge in [-0.25, -0.2) is 0 Å². The first kappa shape index (κ1) is 29.6. The summed E-state index contributed by atoms with van der Waals surface area (Å²) in [7, 11) is -0.386. The molecule has 39 heavy (non-hydrogen) atoms. The van der Waals surface area contributed by atoms with Crippen LogP contribution in [0.4, 0.5) is 0 Å². The zero-order valence-electron chi connectivity index (χ0n) is 26.4. The van der Waals surface area contributed by atoms with Crippen molar-refractivity contribution >= 4 is 18.6 Å². The van der Waals surface area contributed by atoms with Gasteiger partial charge in [0.05, 0.1) is 0 Å². The molecular weight excluding hydrogens is 492 g/mol. The lowest BCUT2D eigenvalue weighted by Gasteiger charge is -2.42. The van der Waals surface area contributed by atoms with E-state index in [0.29, 0.717) is 6.04 Å². The van der Waals surface area contributed by atoms with Crippen LogP contribution in [0.2, 0.25) is 6.55 Å². The maximum Gasteiger partial charge on any atom is 0.191 e. The van der Waals surface area contributed by atoms with Crippen molar-refractivity contribution in [2.45, 2.75) is 105 Å². The van der Waals surface area contributed by atoms with E-state index in [1.165, 1.54) is 38.2 Å². The standard InChI is InChI=1S/C35H50N2OSi/c1-23(2)37-39(12,27-16-14-13-15-17-27)30-21-26(34(6,7)8)20-29-32(30)38-31-24(22-36-11)18-25(33(3,4)5)19-28(31)35(29,9)10/h13-21,23,36-37H,22H2,1-12H3. The molecule has 1 aliphatic heterocycles. The Morgan fingerprint density at radius 2 is 1.36 bits per heavy atom. The fourth-order valence-corrected chi connectivity index (χ4v) is 9.68. The Hall–Kier alpha value is -2.40. The number of benzene rings is 3. The lowest BCUT2D eigenvalue weighted by Crippen LogP contribution is -2.68. The molecule has 0 amide bonds. The van der Waals surface area contributed by atoms with E-state index in [4.69, 9.17) is 4.74 Å². The Labute approximate surface area is 238 Å². The largest absolute Gasteiger partial charge is 0.456 e. The van der Waals surface area contributed by atoms with Crippen LogP contribution in [0.1, 0.15) is 97.1 Å². The first-order chi connectivity index (χ1) is 18.0. The number of fused-ring (bicyclic) bond motifs is 2. The molecule has 210 valence electrons. The van der Waals surface area contributed by atoms with Gasteiger partial charge in [-0.15, -0.1) is 0 Å². The molecule has 0 aliphatic carbocycles. The van der Waals surface area contributed by atoms with Gasteiger partial charge in [-0.1, -0.05) is 124 Å². The summed E-state index contributed by atoms with van der Waals surface area (Å²) < 4.78 is 7.17. The van der Waals surface area contributed by atoms with E-state index in [1.807, 2.05) is 7.05 Å². The molecule has 1 aliphatic rings. The van der Waals surface area contributed by atoms with Crippen LogP contribution in [-0.2, 0) is 22.8 Å². The maximum absolute atomic E-state index is 7.17. The summed E-state index contributed by atoms with van der Waals surface area (Å²) in [6.07, 6.45) is 0. The van der Waals surface area contributed by atoms with Gasteiger partial charge in [-0.3, -0.25) is 0 Å². The van der Waals surface area contributed by atoms with Crippen molar-refractivity contribution in [3.05, 3.63) is 82.4 Å². The van der Waals surface area contributed by atoms with Gasteiger partial charge in [0, 0.05) is 33.8 Å². The summed E-state index contributed by atoms with van der Waals surface area (Å²) in [5.41, 5.74) is 6.35. The highest BCUT2D eigenvalue weighted by molar-refractivity contribution is 7.00. The van der Waals surface area contributed by atoms with E-state index in [-0.39, 0.29) is 16.2 Å². The van der Waals surface area contributed by atoms with Gasteiger partial charge in [0.25, 0.3) is 0 Å². The Morgan fingerprint density at radius 3 is 1.87 bits per heavy atom. The van der Waals surface area contributed by atoms with Crippen molar-refractivity contribution in [1.29, 1.82) is 0 Å². The van der Waals surface area contributed by atoms with Gasteiger partial charge in [0.1, 0.15) is 11.5 Å². The predicted octanol–water partition coefficient (Wildman–Crippen LogP) is 7.12. The molecule has 1 unspecified atom stereocenters. The molecule has 3 nitrogen and oxygen atoms in total. The number of hydrogen-bond acceptors (Lipinski definition) is 3. The second-order valence-electron chi connectivity index (χ2n) is 14.5. The highest BCUT2D eigenvalue weighted by Crippen LogP contribution is 2.51. The van der Waals surface area contributed by atoms with Crippen LogP contribution in [0.25, 0.3) is 0 Å². The number of ether oxygens (including phenoxy) is 1. The van der Waals surface area contributed by atoms with E-state index >= 15 is 0 Å². The van der Waals surface area contributed by atoms with Crippen LogP contribution in [0.3, 0.4) is 0 Å². The van der Waals surface area contributed by atoms with Crippen LogP contribution in [0, 0.1) is 0 Å². The molecule has 0 spiro atoms. The molecule has 2 N–H and O–H groups in total. The Morgan fingerprint density at radius 1 is 0.821 bits per heavy atom. The highest BCUT2D eigenvalue weighted by atomic mass is 28.3. The molecule has 1 heterocycles. The van der Waals surface area contributed by atoms with Crippen molar-refractivity contribution in [3.8, 4) is 11.5 Å². The molecule has 4 heteroatoms. The smallest absolute Gasteiger partial charge is 0.191 e. The lowest BCUT2D eigenvalue weighted by molar-refractivity contribution is 0.411. The summed E-state index contributed by atoms with van der Waals surface area (Å²) in [5, 5.41) is 6.11. The van der Waals surface area contributed by atoms with Crippen LogP contribution >= 0.6 is 0 Å². The molecular formula is C35H50N2OSi. The molecule has 0 aromatic heterocycles. The first-order valence-electron chi connectivity index (χ1n) is 14.5. The normalized spacial score (nSPS) is 16.3. The fourth-order valence-electron chi connectivity index (χ4n) is 5.95. The first-order valence-corrected chi connectivity index (χ1v) is 17.0. The minimum atomic E-state index is -2.41. The van der Waals surface area contributed by atoms with Gasteiger partial charge in [-0.05, 0) is 46.8 Å². The topological polar surface area (TPSA) is 33.3 Å². The van der Waals surface area contributed by atoms with Gasteiger partial charge < -0.3 is 15.0 Å². The summed E-state index contributed by atoms with van der Waals surface area (Å²) in [6.45, 7) is 26.4. The third-order valence-electron chi connectivity index (χ3n) is 8.37. The Bertz CT molecular complexity index is 1350. The molecule has 0 fully saturated rings. The fraction of sp³-hybridized carbons (Fsp3) is 0.486. The monoisotopic (exact) mass is 542 g/mol. The molecule has 0 bridgehead atoms. The number of rotatable bonds is 6. The van der Waals surface area contributed by atoms with Crippen LogP contribution < -0.4 is 25.4 Å². The predicted molar refractivity (Wildman–Crippen MR) is 171 cm³/mol. The zero-order valence-corrected chi connectivity index (χ0v) is 27.4. The molecule has 0 radical (unpaired) electrons. The average molecular weight is 543 g/mol. The second-order valence-corrected chi connectivity index (χ2v) is 18.1. The van der Waals surface area contributed by atoms with Crippen molar-refractivity contribution in [3.63, 3.8) is 0 Å². The number of hydrogen-bond donors (Lipinski definition) is 2. The van der Waals surface area contributed by atoms with E-state index in [0.717, 1.165) is 18.0 Å². The van der Waals surface area contributed by atoms with E-state index in [2.05, 4.69) is 141 Å². The SMILES string of the molecule is CNCc1cc(C(C)(C)C)cc2c1Oc1c(cc(C(C)(C)C)cc1[Si](C)(NC(C)C)c1ccccc1)C2(C)C. The van der Waals surface area contributed by atoms with Gasteiger partial charge in [0.15, 0.2) is 8.24 Å². The molecule has 1 atom stereocenters. The van der Waals surface area contributed by atoms with Crippen molar-refractivity contribution in [2.75, 3.05) is 7.05 Å². The van der Waals surface area contributed by atoms with Crippen LogP contribution in [-0.4, -0.2) is 21.3 Å². The van der Waals surface area contributed by atoms with E-state index in [9.17, 15) is 0 Å². The third kappa shape index (κ3) is 5.48. The molecule has 0 saturated heterocycles. The summed E-state index contributed by atoms with van der Waals surface area (Å²) in [4.78, 5) is 4.08. The quantitative estimate of drug-likeness (QED) is 0.325. The minimum absolute atomic E-state index is 0.00845. The van der Waals surface area contributed by atoms with E-state index < -0.39 is 8.24 Å². The molecule has 0 saturated carbocycles. The lowest BCUT2D eigenvalue weighted by atomic mass is 9.71. The maximum atomic E-state index is 7.17. The van der Waals surface area contributed by atoms with E-state index in [1.54, 1.807) is 0 Å². The molecule has 3 aromatic rings. The zero-order chi connectivity index (χ0) is 29.0. The summed E-state index contributed by atoms with van der Waals surface area (Å²) >= 11 is 0. The van der Waals surface area contributed by atoms with Crippen LogP contribution in [0.5, 0.6) is 11.5 Å². The highest BCUT2D eigenvalue weighted by Gasteiger charge is 2.44. The summed E-state index contributed by atoms with van der Waals surface area (Å²) in [6, 6.07) is 21.0. The van der Waals surface area contributed by atoms with Gasteiger partial charge in [-0.2, -0.15) is 0 Å². The minimum Gasteiger partial charge on any atom is -0.456 e. The van der Waals surface area contributed by atoms with Crippen LogP contribution in [0.15, 0.2) is 54.6 Å². The van der Waals surface area contributed by atoms with Crippen molar-refractivity contribution < 1.29 is 4.74 Å². The van der Waals surface area contributed by atoms with Crippen molar-refractivity contribution in [2.24, 2.45) is 0 Å². The van der Waals surface area contributed by atoms with Gasteiger partial charge >= 0.3 is 0 Å². The Kier molecular flexibility index (Phi) is 7.74. The third-order valence-corrected chi connectivity index (χ3v) is 12.5. The molecule has 3 aromatic carbocycles. The average Bonchev–Trinajstić information content (AvgIpc) is 2.83. The summed E-state index contributed by atoms with van der Waals surface area (Å²) in [5.74, 6) is 2.07.